The van der Waals surface area contributed by atoms with E-state index in [1.165, 1.54) is 60.5 Å². The Balaban J connectivity index is 1.22. The molecule has 0 bridgehead atoms. The van der Waals surface area contributed by atoms with Crippen LogP contribution in [0.1, 0.15) is 25.0 Å². The third-order valence-electron chi connectivity index (χ3n) is 11.9. The Morgan fingerprint density at radius 3 is 1.96 bits per heavy atom. The third-order valence-corrected chi connectivity index (χ3v) is 11.9. The minimum atomic E-state index is -0.144. The lowest BCUT2D eigenvalue weighted by atomic mass is 9.82. The highest BCUT2D eigenvalue weighted by Gasteiger charge is 2.36. The van der Waals surface area contributed by atoms with Gasteiger partial charge in [-0.05, 0) is 103 Å². The lowest BCUT2D eigenvalue weighted by Gasteiger charge is -2.30. The Morgan fingerprint density at radius 1 is 0.418 bits per heavy atom. The average molecular weight is 704 g/mol. The predicted molar refractivity (Wildman–Crippen MR) is 232 cm³/mol. The zero-order chi connectivity index (χ0) is 36.7. The first kappa shape index (κ1) is 31.6. The molecule has 2 heteroatoms. The number of nitrogens with zero attached hydrogens (tertiary/aromatic N) is 1. The molecule has 1 aliphatic rings. The van der Waals surface area contributed by atoms with Crippen molar-refractivity contribution in [1.29, 1.82) is 0 Å². The zero-order valence-corrected chi connectivity index (χ0v) is 30.8. The molecule has 0 fully saturated rings. The first-order chi connectivity index (χ1) is 27.0. The van der Waals surface area contributed by atoms with E-state index in [4.69, 9.17) is 4.42 Å². The summed E-state index contributed by atoms with van der Waals surface area (Å²) in [4.78, 5) is 2.46. The fourth-order valence-electron chi connectivity index (χ4n) is 9.22. The van der Waals surface area contributed by atoms with Crippen molar-refractivity contribution in [1.82, 2.24) is 0 Å². The maximum absolute atomic E-state index is 6.61. The van der Waals surface area contributed by atoms with Gasteiger partial charge in [0.2, 0.25) is 0 Å². The van der Waals surface area contributed by atoms with Crippen LogP contribution in [-0.2, 0) is 5.41 Å². The molecule has 9 aromatic carbocycles. The van der Waals surface area contributed by atoms with Crippen LogP contribution in [0.15, 0.2) is 192 Å². The van der Waals surface area contributed by atoms with E-state index in [1.807, 2.05) is 0 Å². The van der Waals surface area contributed by atoms with Gasteiger partial charge in [0, 0.05) is 33.1 Å². The third kappa shape index (κ3) is 4.81. The molecule has 2 nitrogen and oxygen atoms in total. The quantitative estimate of drug-likeness (QED) is 0.166. The van der Waals surface area contributed by atoms with E-state index >= 15 is 0 Å². The van der Waals surface area contributed by atoms with Crippen LogP contribution >= 0.6 is 0 Å². The van der Waals surface area contributed by atoms with E-state index in [2.05, 4.69) is 207 Å². The monoisotopic (exact) mass is 703 g/mol. The summed E-state index contributed by atoms with van der Waals surface area (Å²) in [6.45, 7) is 4.71. The molecule has 0 aliphatic heterocycles. The molecule has 0 radical (unpaired) electrons. The van der Waals surface area contributed by atoms with Crippen LogP contribution in [0.5, 0.6) is 0 Å². The number of para-hydroxylation sites is 1. The number of hydrogen-bond acceptors (Lipinski definition) is 2. The van der Waals surface area contributed by atoms with Gasteiger partial charge < -0.3 is 9.32 Å². The molecule has 11 rings (SSSR count). The fourth-order valence-corrected chi connectivity index (χ4v) is 9.22. The van der Waals surface area contributed by atoms with Crippen LogP contribution in [-0.4, -0.2) is 0 Å². The van der Waals surface area contributed by atoms with Crippen molar-refractivity contribution < 1.29 is 4.42 Å². The molecule has 1 aromatic heterocycles. The Kier molecular flexibility index (Phi) is 6.93. The molecular weight excluding hydrogens is 667 g/mol. The molecule has 1 aliphatic carbocycles. The van der Waals surface area contributed by atoms with Crippen molar-refractivity contribution in [2.75, 3.05) is 4.90 Å². The van der Waals surface area contributed by atoms with E-state index in [1.54, 1.807) is 0 Å². The van der Waals surface area contributed by atoms with Crippen molar-refractivity contribution in [2.24, 2.45) is 0 Å². The maximum atomic E-state index is 6.61. The number of benzene rings is 9. The molecule has 0 amide bonds. The zero-order valence-electron chi connectivity index (χ0n) is 30.8. The lowest BCUT2D eigenvalue weighted by Crippen LogP contribution is -2.17. The van der Waals surface area contributed by atoms with E-state index in [-0.39, 0.29) is 5.41 Å². The summed E-state index contributed by atoms with van der Waals surface area (Å²) >= 11 is 0. The van der Waals surface area contributed by atoms with Gasteiger partial charge in [0.1, 0.15) is 11.2 Å². The van der Waals surface area contributed by atoms with Gasteiger partial charge in [-0.25, -0.2) is 0 Å². The normalized spacial score (nSPS) is 13.1. The van der Waals surface area contributed by atoms with Gasteiger partial charge in [0.15, 0.2) is 0 Å². The first-order valence-corrected chi connectivity index (χ1v) is 19.1. The SMILES string of the molecule is CC1(C)c2ccccc2-c2ccc(N(c3ccc(-c4ccccc4)cc3)c3ccc4oc5ccccc5c4c3-c3cccc4c3ccc3ccccc34)cc21. The van der Waals surface area contributed by atoms with Gasteiger partial charge in [0.05, 0.1) is 5.69 Å². The van der Waals surface area contributed by atoms with Crippen molar-refractivity contribution in [2.45, 2.75) is 19.3 Å². The van der Waals surface area contributed by atoms with E-state index in [9.17, 15) is 0 Å². The van der Waals surface area contributed by atoms with Gasteiger partial charge in [-0.15, -0.1) is 0 Å². The van der Waals surface area contributed by atoms with Crippen LogP contribution in [0.4, 0.5) is 17.1 Å². The number of fused-ring (bicyclic) bond motifs is 9. The van der Waals surface area contributed by atoms with Gasteiger partial charge in [-0.2, -0.15) is 0 Å². The van der Waals surface area contributed by atoms with Crippen molar-refractivity contribution in [3.8, 4) is 33.4 Å². The Morgan fingerprint density at radius 2 is 1.09 bits per heavy atom. The van der Waals surface area contributed by atoms with Gasteiger partial charge in [0.25, 0.3) is 0 Å². The first-order valence-electron chi connectivity index (χ1n) is 19.1. The second-order valence-corrected chi connectivity index (χ2v) is 15.3. The van der Waals surface area contributed by atoms with Gasteiger partial charge in [-0.1, -0.05) is 159 Å². The molecule has 0 N–H and O–H groups in total. The summed E-state index contributed by atoms with van der Waals surface area (Å²) in [6, 6.07) is 68.5. The predicted octanol–water partition coefficient (Wildman–Crippen LogP) is 15.0. The van der Waals surface area contributed by atoms with E-state index < -0.39 is 0 Å². The molecule has 0 unspecified atom stereocenters. The number of furan rings is 1. The van der Waals surface area contributed by atoms with Crippen LogP contribution in [0.2, 0.25) is 0 Å². The van der Waals surface area contributed by atoms with Gasteiger partial charge in [-0.3, -0.25) is 0 Å². The van der Waals surface area contributed by atoms with Crippen LogP contribution in [0, 0.1) is 0 Å². The second-order valence-electron chi connectivity index (χ2n) is 15.3. The molecule has 55 heavy (non-hydrogen) atoms. The highest BCUT2D eigenvalue weighted by atomic mass is 16.3. The fraction of sp³-hybridized carbons (Fsp3) is 0.0566. The Hall–Kier alpha value is -6.90. The summed E-state index contributed by atoms with van der Waals surface area (Å²) in [7, 11) is 0. The molecule has 0 spiro atoms. The van der Waals surface area contributed by atoms with E-state index in [0.717, 1.165) is 44.6 Å². The minimum Gasteiger partial charge on any atom is -0.456 e. The van der Waals surface area contributed by atoms with Crippen molar-refractivity contribution >= 4 is 60.5 Å². The Bertz CT molecular complexity index is 3110. The molecule has 1 heterocycles. The molecule has 10 aromatic rings. The average Bonchev–Trinajstić information content (AvgIpc) is 3.73. The minimum absolute atomic E-state index is 0.144. The number of rotatable bonds is 5. The maximum Gasteiger partial charge on any atom is 0.136 e. The molecule has 260 valence electrons. The van der Waals surface area contributed by atoms with E-state index in [0.29, 0.717) is 0 Å². The topological polar surface area (TPSA) is 16.4 Å². The van der Waals surface area contributed by atoms with Crippen molar-refractivity contribution in [3.63, 3.8) is 0 Å². The standard InChI is InChI=1S/C53H37NO/c1-53(2)46-21-10-8-17-42(46)43-30-28-38(33-47(43)53)54(37-26-23-35(24-27-37)34-13-4-3-5-14-34)48-31-32-50-52(45-18-9-11-22-49(45)55-50)51(48)44-20-12-19-40-39-16-7-6-15-36(39)25-29-41(40)44/h3-33H,1-2H3. The second kappa shape index (κ2) is 12.1. The lowest BCUT2D eigenvalue weighted by molar-refractivity contribution is 0.660. The number of anilines is 3. The highest BCUT2D eigenvalue weighted by molar-refractivity contribution is 6.21. The van der Waals surface area contributed by atoms with Gasteiger partial charge >= 0.3 is 0 Å². The summed E-state index contributed by atoms with van der Waals surface area (Å²) < 4.78 is 6.61. The summed E-state index contributed by atoms with van der Waals surface area (Å²) in [5, 5.41) is 7.17. The molecule has 0 saturated heterocycles. The largest absolute Gasteiger partial charge is 0.456 e. The van der Waals surface area contributed by atoms with Crippen LogP contribution < -0.4 is 4.90 Å². The van der Waals surface area contributed by atoms with Crippen molar-refractivity contribution in [3.05, 3.63) is 199 Å². The smallest absolute Gasteiger partial charge is 0.136 e. The van der Waals surface area contributed by atoms with Crippen LogP contribution in [0.3, 0.4) is 0 Å². The molecule has 0 atom stereocenters. The number of hydrogen-bond donors (Lipinski definition) is 0. The molecule has 0 saturated carbocycles. The summed E-state index contributed by atoms with van der Waals surface area (Å²) in [5.74, 6) is 0. The summed E-state index contributed by atoms with van der Waals surface area (Å²) in [6.07, 6.45) is 0. The molecular formula is C53H37NO. The Labute approximate surface area is 320 Å². The highest BCUT2D eigenvalue weighted by Crippen LogP contribution is 2.53. The summed E-state index contributed by atoms with van der Waals surface area (Å²) in [5.41, 5.74) is 15.0. The van der Waals surface area contributed by atoms with Crippen LogP contribution in [0.25, 0.3) is 76.9 Å².